The van der Waals surface area contributed by atoms with Crippen molar-refractivity contribution in [1.29, 1.82) is 0 Å². The van der Waals surface area contributed by atoms with Crippen molar-refractivity contribution in [2.24, 2.45) is 0 Å². The lowest BCUT2D eigenvalue weighted by Crippen LogP contribution is -2.54. The SMILES string of the molecule is CO[Si]1(CN(C)C)OCCSCCO1. The summed E-state index contributed by atoms with van der Waals surface area (Å²) in [6, 6.07) is 0. The molecule has 0 atom stereocenters. The van der Waals surface area contributed by atoms with Gasteiger partial charge in [-0.15, -0.1) is 0 Å². The smallest absolute Gasteiger partial charge is 0.376 e. The maximum absolute atomic E-state index is 5.76. The third-order valence-electron chi connectivity index (χ3n) is 1.92. The predicted molar refractivity (Wildman–Crippen MR) is 60.5 cm³/mol. The van der Waals surface area contributed by atoms with Crippen LogP contribution in [-0.4, -0.2) is 65.8 Å². The van der Waals surface area contributed by atoms with Gasteiger partial charge in [0.05, 0.1) is 6.17 Å². The summed E-state index contributed by atoms with van der Waals surface area (Å²) in [7, 11) is 3.31. The van der Waals surface area contributed by atoms with E-state index < -0.39 is 8.80 Å². The van der Waals surface area contributed by atoms with Crippen molar-refractivity contribution in [2.45, 2.75) is 0 Å². The lowest BCUT2D eigenvalue weighted by atomic mass is 10.9. The summed E-state index contributed by atoms with van der Waals surface area (Å²) >= 11 is 1.86. The van der Waals surface area contributed by atoms with Gasteiger partial charge in [0.15, 0.2) is 0 Å². The highest BCUT2D eigenvalue weighted by atomic mass is 32.2. The molecule has 0 aromatic heterocycles. The van der Waals surface area contributed by atoms with Crippen molar-refractivity contribution in [3.63, 3.8) is 0 Å². The Hall–Kier alpha value is 0.407. The van der Waals surface area contributed by atoms with Crippen LogP contribution in [0.2, 0.25) is 0 Å². The molecule has 0 amide bonds. The molecule has 0 unspecified atom stereocenters. The first kappa shape index (κ1) is 12.5. The molecule has 0 bridgehead atoms. The highest BCUT2D eigenvalue weighted by Crippen LogP contribution is 2.15. The zero-order chi connectivity index (χ0) is 10.4. The van der Waals surface area contributed by atoms with Gasteiger partial charge in [-0.3, -0.25) is 0 Å². The lowest BCUT2D eigenvalue weighted by Gasteiger charge is -2.31. The fourth-order valence-electron chi connectivity index (χ4n) is 1.32. The first-order valence-corrected chi connectivity index (χ1v) is 7.83. The van der Waals surface area contributed by atoms with Gasteiger partial charge >= 0.3 is 8.80 Å². The minimum Gasteiger partial charge on any atom is -0.376 e. The average molecular weight is 237 g/mol. The van der Waals surface area contributed by atoms with E-state index in [1.807, 2.05) is 25.9 Å². The molecule has 0 spiro atoms. The summed E-state index contributed by atoms with van der Waals surface area (Å²) < 4.78 is 17.0. The molecule has 6 heteroatoms. The third-order valence-corrected chi connectivity index (χ3v) is 5.76. The second-order valence-electron chi connectivity index (χ2n) is 3.43. The molecular weight excluding hydrogens is 218 g/mol. The van der Waals surface area contributed by atoms with Crippen molar-refractivity contribution >= 4 is 20.6 Å². The molecule has 1 rings (SSSR count). The van der Waals surface area contributed by atoms with Crippen LogP contribution in [0.15, 0.2) is 0 Å². The fourth-order valence-corrected chi connectivity index (χ4v) is 4.45. The molecule has 1 aliphatic heterocycles. The summed E-state index contributed by atoms with van der Waals surface area (Å²) in [5.41, 5.74) is 0. The standard InChI is InChI=1S/C8H19NO3SSi/c1-9(2)8-14(10-3)11-4-6-13-7-5-12-14/h4-8H2,1-3H3. The Kier molecular flexibility index (Phi) is 5.43. The van der Waals surface area contributed by atoms with Gasteiger partial charge < -0.3 is 18.2 Å². The Morgan fingerprint density at radius 3 is 2.29 bits per heavy atom. The number of thioether (sulfide) groups is 1. The number of hydrogen-bond donors (Lipinski definition) is 0. The minimum atomic E-state index is -2.39. The summed E-state index contributed by atoms with van der Waals surface area (Å²) in [5.74, 6) is 2.07. The van der Waals surface area contributed by atoms with Crippen LogP contribution in [-0.2, 0) is 13.3 Å². The lowest BCUT2D eigenvalue weighted by molar-refractivity contribution is 0.0763. The van der Waals surface area contributed by atoms with Crippen LogP contribution in [0, 0.1) is 0 Å². The van der Waals surface area contributed by atoms with Crippen molar-refractivity contribution in [1.82, 2.24) is 4.90 Å². The van der Waals surface area contributed by atoms with Gasteiger partial charge in [0.25, 0.3) is 0 Å². The average Bonchev–Trinajstić information content (AvgIpc) is 2.09. The molecule has 84 valence electrons. The summed E-state index contributed by atoms with van der Waals surface area (Å²) in [6.45, 7) is 1.47. The summed E-state index contributed by atoms with van der Waals surface area (Å²) in [5, 5.41) is 0. The van der Waals surface area contributed by atoms with Gasteiger partial charge in [-0.25, -0.2) is 0 Å². The number of rotatable bonds is 3. The Bertz CT molecular complexity index is 163. The summed E-state index contributed by atoms with van der Waals surface area (Å²) in [4.78, 5) is 2.06. The number of hydrogen-bond acceptors (Lipinski definition) is 5. The van der Waals surface area contributed by atoms with Crippen LogP contribution >= 0.6 is 11.8 Å². The Morgan fingerprint density at radius 1 is 1.29 bits per heavy atom. The molecule has 14 heavy (non-hydrogen) atoms. The van der Waals surface area contributed by atoms with Crippen molar-refractivity contribution in [3.05, 3.63) is 0 Å². The van der Waals surface area contributed by atoms with E-state index in [4.69, 9.17) is 13.3 Å². The van der Waals surface area contributed by atoms with Crippen LogP contribution in [0.5, 0.6) is 0 Å². The molecule has 0 aromatic carbocycles. The fraction of sp³-hybridized carbons (Fsp3) is 1.00. The topological polar surface area (TPSA) is 30.9 Å². The van der Waals surface area contributed by atoms with Gasteiger partial charge in [-0.2, -0.15) is 11.8 Å². The van der Waals surface area contributed by atoms with Crippen LogP contribution in [0.4, 0.5) is 0 Å². The van der Waals surface area contributed by atoms with E-state index in [2.05, 4.69) is 4.90 Å². The monoisotopic (exact) mass is 237 g/mol. The highest BCUT2D eigenvalue weighted by Gasteiger charge is 2.41. The van der Waals surface area contributed by atoms with Gasteiger partial charge in [-0.1, -0.05) is 0 Å². The molecule has 0 aromatic rings. The first-order valence-electron chi connectivity index (χ1n) is 4.74. The van der Waals surface area contributed by atoms with E-state index in [9.17, 15) is 0 Å². The molecule has 1 aliphatic rings. The van der Waals surface area contributed by atoms with Crippen molar-refractivity contribution < 1.29 is 13.3 Å². The normalized spacial score (nSPS) is 23.1. The molecule has 0 radical (unpaired) electrons. The van der Waals surface area contributed by atoms with Crippen LogP contribution in [0.1, 0.15) is 0 Å². The molecule has 0 N–H and O–H groups in total. The van der Waals surface area contributed by atoms with E-state index in [-0.39, 0.29) is 0 Å². The molecular formula is C8H19NO3SSi. The Balaban J connectivity index is 2.53. The van der Waals surface area contributed by atoms with E-state index in [1.165, 1.54) is 0 Å². The van der Waals surface area contributed by atoms with Crippen LogP contribution in [0.3, 0.4) is 0 Å². The van der Waals surface area contributed by atoms with E-state index in [0.717, 1.165) is 30.9 Å². The van der Waals surface area contributed by atoms with E-state index in [0.29, 0.717) is 0 Å². The van der Waals surface area contributed by atoms with Gasteiger partial charge in [0, 0.05) is 31.8 Å². The number of nitrogens with zero attached hydrogens (tertiary/aromatic N) is 1. The molecule has 0 aliphatic carbocycles. The third kappa shape index (κ3) is 3.88. The van der Waals surface area contributed by atoms with Crippen molar-refractivity contribution in [2.75, 3.05) is 52.1 Å². The summed E-state index contributed by atoms with van der Waals surface area (Å²) in [6.07, 6.45) is 0.758. The molecule has 1 heterocycles. The predicted octanol–water partition coefficient (Wildman–Crippen LogP) is 0.452. The van der Waals surface area contributed by atoms with Crippen molar-refractivity contribution in [3.8, 4) is 0 Å². The second kappa shape index (κ2) is 6.09. The molecule has 1 saturated heterocycles. The van der Waals surface area contributed by atoms with E-state index in [1.54, 1.807) is 7.11 Å². The van der Waals surface area contributed by atoms with Gasteiger partial charge in [0.1, 0.15) is 0 Å². The van der Waals surface area contributed by atoms with Gasteiger partial charge in [0.2, 0.25) is 0 Å². The Labute approximate surface area is 91.3 Å². The second-order valence-corrected chi connectivity index (χ2v) is 7.33. The van der Waals surface area contributed by atoms with Crippen LogP contribution < -0.4 is 0 Å². The molecule has 1 fully saturated rings. The highest BCUT2D eigenvalue weighted by molar-refractivity contribution is 7.99. The molecule has 4 nitrogen and oxygen atoms in total. The van der Waals surface area contributed by atoms with E-state index >= 15 is 0 Å². The maximum atomic E-state index is 5.76. The Morgan fingerprint density at radius 2 is 1.86 bits per heavy atom. The zero-order valence-electron chi connectivity index (χ0n) is 9.12. The van der Waals surface area contributed by atoms with Crippen LogP contribution in [0.25, 0.3) is 0 Å². The first-order chi connectivity index (χ1) is 6.68. The maximum Gasteiger partial charge on any atom is 0.515 e. The minimum absolute atomic E-state index is 0.735. The molecule has 0 saturated carbocycles. The quantitative estimate of drug-likeness (QED) is 0.665. The largest absolute Gasteiger partial charge is 0.515 e. The zero-order valence-corrected chi connectivity index (χ0v) is 10.9. The van der Waals surface area contributed by atoms with Gasteiger partial charge in [-0.05, 0) is 14.1 Å².